The normalized spacial score (nSPS) is 31.9. The van der Waals surface area contributed by atoms with Crippen molar-refractivity contribution in [2.45, 2.75) is 50.1 Å². The predicted octanol–water partition coefficient (Wildman–Crippen LogP) is 2.99. The van der Waals surface area contributed by atoms with Gasteiger partial charge in [-0.05, 0) is 25.2 Å². The van der Waals surface area contributed by atoms with E-state index in [1.807, 2.05) is 0 Å². The molecule has 0 spiro atoms. The number of halogens is 1. The third kappa shape index (κ3) is 3.52. The van der Waals surface area contributed by atoms with Gasteiger partial charge in [0.25, 0.3) is 0 Å². The first-order valence-electron chi connectivity index (χ1n) is 5.43. The number of methoxy groups -OCH3 is 1. The molecule has 1 fully saturated rings. The first-order chi connectivity index (χ1) is 6.65. The molecule has 0 saturated heterocycles. The summed E-state index contributed by atoms with van der Waals surface area (Å²) >= 11 is 3.55. The molecule has 3 heteroatoms. The highest BCUT2D eigenvalue weighted by molar-refractivity contribution is 9.09. The number of ether oxygens (including phenoxy) is 2. The highest BCUT2D eigenvalue weighted by Gasteiger charge is 2.40. The van der Waals surface area contributed by atoms with Crippen LogP contribution in [0.4, 0.5) is 0 Å². The summed E-state index contributed by atoms with van der Waals surface area (Å²) in [5, 5.41) is 0. The lowest BCUT2D eigenvalue weighted by Gasteiger charge is -2.40. The summed E-state index contributed by atoms with van der Waals surface area (Å²) in [6, 6.07) is 0. The van der Waals surface area contributed by atoms with E-state index in [2.05, 4.69) is 29.8 Å². The first kappa shape index (κ1) is 12.5. The highest BCUT2D eigenvalue weighted by atomic mass is 79.9. The Bertz CT molecular complexity index is 161. The van der Waals surface area contributed by atoms with Gasteiger partial charge in [-0.2, -0.15) is 0 Å². The Morgan fingerprint density at radius 2 is 2.14 bits per heavy atom. The topological polar surface area (TPSA) is 18.5 Å². The molecule has 0 bridgehead atoms. The summed E-state index contributed by atoms with van der Waals surface area (Å²) < 4.78 is 11.1. The van der Waals surface area contributed by atoms with E-state index in [-0.39, 0.29) is 6.10 Å². The van der Waals surface area contributed by atoms with E-state index in [1.165, 1.54) is 6.42 Å². The molecule has 84 valence electrons. The third-order valence-corrected chi connectivity index (χ3v) is 3.61. The molecule has 0 aromatic heterocycles. The van der Waals surface area contributed by atoms with Gasteiger partial charge in [-0.1, -0.05) is 29.8 Å². The fraction of sp³-hybridized carbons (Fsp3) is 1.00. The zero-order valence-electron chi connectivity index (χ0n) is 9.33. The van der Waals surface area contributed by atoms with Crippen LogP contribution in [0.5, 0.6) is 0 Å². The van der Waals surface area contributed by atoms with E-state index >= 15 is 0 Å². The van der Waals surface area contributed by atoms with Crippen LogP contribution >= 0.6 is 15.9 Å². The van der Waals surface area contributed by atoms with Crippen LogP contribution in [0.2, 0.25) is 0 Å². The molecule has 2 nitrogen and oxygen atoms in total. The van der Waals surface area contributed by atoms with Gasteiger partial charge in [-0.3, -0.25) is 0 Å². The van der Waals surface area contributed by atoms with Crippen LogP contribution in [0.15, 0.2) is 0 Å². The Labute approximate surface area is 95.5 Å². The van der Waals surface area contributed by atoms with Crippen molar-refractivity contribution in [2.75, 3.05) is 13.7 Å². The van der Waals surface area contributed by atoms with Crippen molar-refractivity contribution in [3.8, 4) is 0 Å². The highest BCUT2D eigenvalue weighted by Crippen LogP contribution is 2.32. The van der Waals surface area contributed by atoms with Gasteiger partial charge >= 0.3 is 0 Å². The summed E-state index contributed by atoms with van der Waals surface area (Å²) in [5.74, 6) is 0.780. The summed E-state index contributed by atoms with van der Waals surface area (Å²) in [4.78, 5) is 0.489. The van der Waals surface area contributed by atoms with E-state index in [0.717, 1.165) is 25.4 Å². The summed E-state index contributed by atoms with van der Waals surface area (Å²) in [5.41, 5.74) is 0. The van der Waals surface area contributed by atoms with Gasteiger partial charge in [-0.25, -0.2) is 0 Å². The molecule has 0 heterocycles. The van der Waals surface area contributed by atoms with E-state index in [1.54, 1.807) is 7.11 Å². The van der Waals surface area contributed by atoms with Gasteiger partial charge in [0.15, 0.2) is 0 Å². The summed E-state index contributed by atoms with van der Waals surface area (Å²) in [6.07, 6.45) is 4.07. The van der Waals surface area contributed by atoms with Crippen molar-refractivity contribution >= 4 is 15.9 Å². The molecule has 0 aromatic rings. The molecule has 1 saturated carbocycles. The molecule has 1 rings (SSSR count). The molecule has 3 unspecified atom stereocenters. The van der Waals surface area contributed by atoms with Crippen LogP contribution in [0.3, 0.4) is 0 Å². The van der Waals surface area contributed by atoms with Crippen LogP contribution in [-0.2, 0) is 9.47 Å². The maximum atomic E-state index is 5.75. The minimum absolute atomic E-state index is 0.258. The van der Waals surface area contributed by atoms with Gasteiger partial charge in [0.1, 0.15) is 0 Å². The van der Waals surface area contributed by atoms with E-state index in [4.69, 9.17) is 9.47 Å². The van der Waals surface area contributed by atoms with Crippen LogP contribution < -0.4 is 0 Å². The van der Waals surface area contributed by atoms with Crippen LogP contribution in [0.1, 0.15) is 33.1 Å². The smallest absolute Gasteiger partial charge is 0.0958 e. The van der Waals surface area contributed by atoms with Crippen LogP contribution in [0, 0.1) is 5.92 Å². The molecule has 0 aliphatic heterocycles. The molecule has 1 aliphatic rings. The lowest BCUT2D eigenvalue weighted by molar-refractivity contribution is -0.107. The number of hydrogen-bond acceptors (Lipinski definition) is 2. The Morgan fingerprint density at radius 3 is 2.64 bits per heavy atom. The third-order valence-electron chi connectivity index (χ3n) is 2.71. The fourth-order valence-electron chi connectivity index (χ4n) is 1.72. The monoisotopic (exact) mass is 264 g/mol. The lowest BCUT2D eigenvalue weighted by atomic mass is 9.91. The van der Waals surface area contributed by atoms with Crippen molar-refractivity contribution < 1.29 is 9.47 Å². The van der Waals surface area contributed by atoms with Gasteiger partial charge < -0.3 is 9.47 Å². The zero-order chi connectivity index (χ0) is 10.6. The van der Waals surface area contributed by atoms with Gasteiger partial charge in [0.2, 0.25) is 0 Å². The van der Waals surface area contributed by atoms with Gasteiger partial charge in [0, 0.05) is 18.5 Å². The molecule has 1 aliphatic carbocycles. The Hall–Kier alpha value is 0.400. The molecule has 0 amide bonds. The molecule has 0 N–H and O–H groups in total. The average molecular weight is 265 g/mol. The number of rotatable bonds is 6. The maximum Gasteiger partial charge on any atom is 0.0958 e. The Morgan fingerprint density at radius 1 is 1.43 bits per heavy atom. The van der Waals surface area contributed by atoms with Crippen molar-refractivity contribution in [3.63, 3.8) is 0 Å². The van der Waals surface area contributed by atoms with E-state index in [0.29, 0.717) is 10.9 Å². The average Bonchev–Trinajstić information content (AvgIpc) is 2.10. The second-order valence-electron chi connectivity index (χ2n) is 4.40. The largest absolute Gasteiger partial charge is 0.378 e. The van der Waals surface area contributed by atoms with Gasteiger partial charge in [0.05, 0.1) is 12.2 Å². The molecule has 0 aromatic carbocycles. The molecule has 0 radical (unpaired) electrons. The molecule has 14 heavy (non-hydrogen) atoms. The van der Waals surface area contributed by atoms with E-state index in [9.17, 15) is 0 Å². The predicted molar refractivity (Wildman–Crippen MR) is 61.9 cm³/mol. The fourth-order valence-corrected chi connectivity index (χ4v) is 2.64. The quantitative estimate of drug-likeness (QED) is 0.543. The van der Waals surface area contributed by atoms with Crippen molar-refractivity contribution in [1.82, 2.24) is 0 Å². The summed E-state index contributed by atoms with van der Waals surface area (Å²) in [6.45, 7) is 5.37. The van der Waals surface area contributed by atoms with Crippen LogP contribution in [0.25, 0.3) is 0 Å². The summed E-state index contributed by atoms with van der Waals surface area (Å²) in [7, 11) is 1.75. The second-order valence-corrected chi connectivity index (χ2v) is 5.57. The molecule has 3 atom stereocenters. The minimum Gasteiger partial charge on any atom is -0.378 e. The maximum absolute atomic E-state index is 5.75. The Balaban J connectivity index is 2.02. The number of hydrogen-bond donors (Lipinski definition) is 0. The second kappa shape index (κ2) is 6.09. The zero-order valence-corrected chi connectivity index (χ0v) is 10.9. The lowest BCUT2D eigenvalue weighted by Crippen LogP contribution is -2.50. The SMILES string of the molecule is COC1C(Br)CC1OCCCC(C)C. The van der Waals surface area contributed by atoms with Crippen molar-refractivity contribution in [3.05, 3.63) is 0 Å². The molecular weight excluding hydrogens is 244 g/mol. The first-order valence-corrected chi connectivity index (χ1v) is 6.35. The standard InChI is InChI=1S/C11H21BrO2/c1-8(2)5-4-6-14-10-7-9(12)11(10)13-3/h8-11H,4-7H2,1-3H3. The van der Waals surface area contributed by atoms with Crippen molar-refractivity contribution in [2.24, 2.45) is 5.92 Å². The number of alkyl halides is 1. The molecular formula is C11H21BrO2. The van der Waals surface area contributed by atoms with Gasteiger partial charge in [-0.15, -0.1) is 0 Å². The van der Waals surface area contributed by atoms with E-state index < -0.39 is 0 Å². The van der Waals surface area contributed by atoms with Crippen molar-refractivity contribution in [1.29, 1.82) is 0 Å². The minimum atomic E-state index is 0.258. The van der Waals surface area contributed by atoms with Crippen LogP contribution in [-0.4, -0.2) is 30.8 Å². The Kier molecular flexibility index (Phi) is 5.42.